The predicted octanol–water partition coefficient (Wildman–Crippen LogP) is 2.95. The molecule has 2 aromatic rings. The Balaban J connectivity index is 1.43. The second kappa shape index (κ2) is 8.53. The van der Waals surface area contributed by atoms with Crippen LogP contribution in [0.15, 0.2) is 47.4 Å². The third-order valence-electron chi connectivity index (χ3n) is 5.50. The highest BCUT2D eigenvalue weighted by molar-refractivity contribution is 7.89. The van der Waals surface area contributed by atoms with E-state index in [0.717, 1.165) is 23.4 Å². The van der Waals surface area contributed by atoms with Crippen LogP contribution in [0.5, 0.6) is 5.75 Å². The summed E-state index contributed by atoms with van der Waals surface area (Å²) < 4.78 is 46.0. The van der Waals surface area contributed by atoms with Crippen LogP contribution in [0.4, 0.5) is 4.39 Å². The van der Waals surface area contributed by atoms with Crippen LogP contribution in [0.3, 0.4) is 0 Å². The number of hydrogen-bond donors (Lipinski definition) is 0. The van der Waals surface area contributed by atoms with Crippen LogP contribution in [0, 0.1) is 11.7 Å². The van der Waals surface area contributed by atoms with Gasteiger partial charge in [0, 0.05) is 31.2 Å². The molecule has 0 N–H and O–H groups in total. The molecule has 4 rings (SSSR count). The van der Waals surface area contributed by atoms with Gasteiger partial charge in [-0.2, -0.15) is 4.31 Å². The van der Waals surface area contributed by atoms with Crippen LogP contribution >= 0.6 is 11.6 Å². The summed E-state index contributed by atoms with van der Waals surface area (Å²) in [6.07, 6.45) is 1.07. The monoisotopic (exact) mass is 452 g/mol. The molecule has 30 heavy (non-hydrogen) atoms. The van der Waals surface area contributed by atoms with E-state index in [9.17, 15) is 17.6 Å². The van der Waals surface area contributed by atoms with Crippen molar-refractivity contribution in [2.24, 2.45) is 5.92 Å². The average Bonchev–Trinajstić information content (AvgIpc) is 3.00. The molecule has 0 saturated carbocycles. The highest BCUT2D eigenvalue weighted by Gasteiger charge is 2.33. The number of amides is 1. The van der Waals surface area contributed by atoms with Gasteiger partial charge >= 0.3 is 0 Å². The Labute approximate surface area is 180 Å². The summed E-state index contributed by atoms with van der Waals surface area (Å²) >= 11 is 6.06. The second-order valence-electron chi connectivity index (χ2n) is 7.50. The molecule has 0 aromatic heterocycles. The Hall–Kier alpha value is -2.16. The number of fused-ring (bicyclic) bond motifs is 1. The van der Waals surface area contributed by atoms with Gasteiger partial charge in [-0.1, -0.05) is 11.6 Å². The van der Waals surface area contributed by atoms with Gasteiger partial charge in [-0.05, 0) is 60.9 Å². The summed E-state index contributed by atoms with van der Waals surface area (Å²) in [6.45, 7) is 1.58. The molecule has 0 radical (unpaired) electrons. The predicted molar refractivity (Wildman–Crippen MR) is 110 cm³/mol. The first-order valence-corrected chi connectivity index (χ1v) is 11.6. The molecule has 2 heterocycles. The molecule has 9 heteroatoms. The smallest absolute Gasteiger partial charge is 0.243 e. The molecule has 1 amide bonds. The first kappa shape index (κ1) is 21.1. The molecular formula is C21H22ClFN2O4S. The van der Waals surface area contributed by atoms with Crippen molar-refractivity contribution >= 4 is 27.5 Å². The van der Waals surface area contributed by atoms with E-state index in [1.807, 2.05) is 12.1 Å². The van der Waals surface area contributed by atoms with Gasteiger partial charge < -0.3 is 9.64 Å². The van der Waals surface area contributed by atoms with E-state index in [2.05, 4.69) is 0 Å². The molecule has 1 fully saturated rings. The number of carbonyl (C=O) groups is 1. The number of sulfonamides is 1. The van der Waals surface area contributed by atoms with Crippen LogP contribution < -0.4 is 4.74 Å². The van der Waals surface area contributed by atoms with Crippen LogP contribution in [-0.2, 0) is 21.2 Å². The Bertz CT molecular complexity index is 1050. The molecule has 2 aliphatic rings. The summed E-state index contributed by atoms with van der Waals surface area (Å²) in [5.74, 6) is -0.104. The maximum atomic E-state index is 13.1. The van der Waals surface area contributed by atoms with E-state index >= 15 is 0 Å². The number of benzene rings is 2. The van der Waals surface area contributed by atoms with Crippen molar-refractivity contribution in [3.05, 3.63) is 58.9 Å². The first-order valence-electron chi connectivity index (χ1n) is 9.80. The number of carbonyl (C=O) groups excluding carboxylic acids is 1. The maximum Gasteiger partial charge on any atom is 0.243 e. The molecule has 6 nitrogen and oxygen atoms in total. The van der Waals surface area contributed by atoms with E-state index in [0.29, 0.717) is 44.1 Å². The van der Waals surface area contributed by atoms with Gasteiger partial charge in [0.05, 0.1) is 10.8 Å². The zero-order chi connectivity index (χ0) is 21.3. The molecule has 0 bridgehead atoms. The Morgan fingerprint density at radius 1 is 1.07 bits per heavy atom. The Morgan fingerprint density at radius 2 is 1.83 bits per heavy atom. The highest BCUT2D eigenvalue weighted by Crippen LogP contribution is 2.30. The average molecular weight is 453 g/mol. The lowest BCUT2D eigenvalue weighted by Crippen LogP contribution is -2.43. The molecule has 1 atom stereocenters. The van der Waals surface area contributed by atoms with Gasteiger partial charge in [-0.15, -0.1) is 0 Å². The molecule has 0 aliphatic carbocycles. The third kappa shape index (κ3) is 4.31. The largest absolute Gasteiger partial charge is 0.492 e. The van der Waals surface area contributed by atoms with Gasteiger partial charge in [-0.3, -0.25) is 4.79 Å². The van der Waals surface area contributed by atoms with Gasteiger partial charge in [0.2, 0.25) is 15.9 Å². The van der Waals surface area contributed by atoms with Crippen molar-refractivity contribution in [2.75, 3.05) is 32.8 Å². The molecule has 1 saturated heterocycles. The van der Waals surface area contributed by atoms with Crippen molar-refractivity contribution in [3.63, 3.8) is 0 Å². The van der Waals surface area contributed by atoms with Crippen molar-refractivity contribution in [2.45, 2.75) is 17.7 Å². The van der Waals surface area contributed by atoms with Crippen molar-refractivity contribution in [3.8, 4) is 5.75 Å². The van der Waals surface area contributed by atoms with Gasteiger partial charge in [0.1, 0.15) is 18.2 Å². The standard InChI is InChI=1S/C21H22ClFN2O4S/c22-17-2-7-20-15(13-17)12-16(14-29-20)21(26)24-8-1-9-25(11-10-24)30(27,28)19-5-3-18(23)4-6-19/h2-7,13,16H,1,8-12,14H2/t16-/m0/s1. The van der Waals surface area contributed by atoms with Crippen molar-refractivity contribution in [1.82, 2.24) is 9.21 Å². The topological polar surface area (TPSA) is 66.9 Å². The van der Waals surface area contributed by atoms with Crippen LogP contribution in [0.1, 0.15) is 12.0 Å². The molecule has 2 aromatic carbocycles. The number of rotatable bonds is 3. The van der Waals surface area contributed by atoms with Crippen molar-refractivity contribution < 1.29 is 22.3 Å². The van der Waals surface area contributed by atoms with E-state index < -0.39 is 15.8 Å². The van der Waals surface area contributed by atoms with E-state index in [1.54, 1.807) is 11.0 Å². The van der Waals surface area contributed by atoms with Crippen LogP contribution in [-0.4, -0.2) is 56.3 Å². The lowest BCUT2D eigenvalue weighted by atomic mass is 9.95. The number of hydrogen-bond acceptors (Lipinski definition) is 4. The third-order valence-corrected chi connectivity index (χ3v) is 7.64. The summed E-state index contributed by atoms with van der Waals surface area (Å²) in [6, 6.07) is 10.2. The van der Waals surface area contributed by atoms with E-state index in [1.165, 1.54) is 16.4 Å². The van der Waals surface area contributed by atoms with Gasteiger partial charge in [-0.25, -0.2) is 12.8 Å². The van der Waals surface area contributed by atoms with E-state index in [4.69, 9.17) is 16.3 Å². The Kier molecular flexibility index (Phi) is 5.99. The van der Waals surface area contributed by atoms with Crippen LogP contribution in [0.2, 0.25) is 5.02 Å². The lowest BCUT2D eigenvalue weighted by Gasteiger charge is -2.30. The maximum absolute atomic E-state index is 13.1. The quantitative estimate of drug-likeness (QED) is 0.718. The minimum absolute atomic E-state index is 0.0401. The fraction of sp³-hybridized carbons (Fsp3) is 0.381. The first-order chi connectivity index (χ1) is 14.3. The second-order valence-corrected chi connectivity index (χ2v) is 9.88. The SMILES string of the molecule is O=C([C@@H]1COc2ccc(Cl)cc2C1)N1CCCN(S(=O)(=O)c2ccc(F)cc2)CC1. The zero-order valence-corrected chi connectivity index (χ0v) is 17.8. The molecule has 0 unspecified atom stereocenters. The fourth-order valence-corrected chi connectivity index (χ4v) is 5.55. The number of ether oxygens (including phenoxy) is 1. The molecule has 0 spiro atoms. The summed E-state index contributed by atoms with van der Waals surface area (Å²) in [5.41, 5.74) is 0.905. The van der Waals surface area contributed by atoms with Gasteiger partial charge in [0.25, 0.3) is 0 Å². The molecule has 160 valence electrons. The van der Waals surface area contributed by atoms with E-state index in [-0.39, 0.29) is 23.3 Å². The summed E-state index contributed by atoms with van der Waals surface area (Å²) in [7, 11) is -3.73. The lowest BCUT2D eigenvalue weighted by molar-refractivity contribution is -0.136. The normalized spacial score (nSPS) is 20.2. The highest BCUT2D eigenvalue weighted by atomic mass is 35.5. The Morgan fingerprint density at radius 3 is 2.60 bits per heavy atom. The van der Waals surface area contributed by atoms with Gasteiger partial charge in [0.15, 0.2) is 0 Å². The molecular weight excluding hydrogens is 431 g/mol. The van der Waals surface area contributed by atoms with Crippen LogP contribution in [0.25, 0.3) is 0 Å². The summed E-state index contributed by atoms with van der Waals surface area (Å²) in [4.78, 5) is 14.8. The number of halogens is 2. The zero-order valence-electron chi connectivity index (χ0n) is 16.3. The minimum Gasteiger partial charge on any atom is -0.492 e. The molecule has 2 aliphatic heterocycles. The minimum atomic E-state index is -3.73. The fourth-order valence-electron chi connectivity index (χ4n) is 3.89. The number of nitrogens with zero attached hydrogens (tertiary/aromatic N) is 2. The van der Waals surface area contributed by atoms with Crippen molar-refractivity contribution in [1.29, 1.82) is 0 Å². The summed E-state index contributed by atoms with van der Waals surface area (Å²) in [5, 5.41) is 0.599.